The number of nitrogens with two attached hydrogens (primary N) is 1. The summed E-state index contributed by atoms with van der Waals surface area (Å²) in [5, 5.41) is 2.54. The molecule has 9 heteroatoms. The summed E-state index contributed by atoms with van der Waals surface area (Å²) in [5.74, 6) is 0.388. The third-order valence-electron chi connectivity index (χ3n) is 4.94. The number of likely N-dealkylation sites (tertiary alicyclic amines) is 1. The number of hydrogen-bond acceptors (Lipinski definition) is 5. The molecule has 0 aliphatic carbocycles. The van der Waals surface area contributed by atoms with Crippen LogP contribution in [-0.4, -0.2) is 79.6 Å². The van der Waals surface area contributed by atoms with Crippen molar-refractivity contribution in [2.45, 2.75) is 45.3 Å². The van der Waals surface area contributed by atoms with Gasteiger partial charge in [0, 0.05) is 26.2 Å². The highest BCUT2D eigenvalue weighted by atomic mass is 35.5. The van der Waals surface area contributed by atoms with Gasteiger partial charge in [0.1, 0.15) is 0 Å². The molecule has 0 aromatic carbocycles. The SMILES string of the molecule is CC1CN(CCC2CCN(C(=O)CNC(=O)CN)CC2)CC(C)O1.Cl.Cl. The molecule has 26 heavy (non-hydrogen) atoms. The van der Waals surface area contributed by atoms with Crippen LogP contribution in [-0.2, 0) is 14.3 Å². The van der Waals surface area contributed by atoms with Crippen molar-refractivity contribution in [2.75, 3.05) is 45.8 Å². The molecule has 0 bridgehead atoms. The molecule has 2 rings (SSSR count). The topological polar surface area (TPSA) is 87.9 Å². The Balaban J connectivity index is 0.00000312. The maximum Gasteiger partial charge on any atom is 0.241 e. The predicted octanol–water partition coefficient (Wildman–Crippen LogP) is 0.643. The minimum Gasteiger partial charge on any atom is -0.373 e. The molecule has 7 nitrogen and oxygen atoms in total. The Morgan fingerprint density at radius 3 is 2.23 bits per heavy atom. The fraction of sp³-hybridized carbons (Fsp3) is 0.882. The van der Waals surface area contributed by atoms with E-state index in [0.29, 0.717) is 18.1 Å². The molecule has 2 aliphatic heterocycles. The van der Waals surface area contributed by atoms with Gasteiger partial charge in [0.2, 0.25) is 11.8 Å². The van der Waals surface area contributed by atoms with Gasteiger partial charge in [0.05, 0.1) is 25.3 Å². The third kappa shape index (κ3) is 8.39. The van der Waals surface area contributed by atoms with E-state index >= 15 is 0 Å². The number of ether oxygens (including phenoxy) is 1. The maximum atomic E-state index is 12.1. The van der Waals surface area contributed by atoms with Crippen LogP contribution in [0.2, 0.25) is 0 Å². The maximum absolute atomic E-state index is 12.1. The van der Waals surface area contributed by atoms with Crippen molar-refractivity contribution in [1.82, 2.24) is 15.1 Å². The van der Waals surface area contributed by atoms with Crippen LogP contribution in [0.15, 0.2) is 0 Å². The number of carbonyl (C=O) groups is 2. The number of nitrogens with one attached hydrogen (secondary N) is 1. The van der Waals surface area contributed by atoms with Gasteiger partial charge in [-0.25, -0.2) is 0 Å². The number of rotatable bonds is 6. The molecule has 0 aromatic heterocycles. The average Bonchev–Trinajstić information content (AvgIpc) is 2.57. The lowest BCUT2D eigenvalue weighted by atomic mass is 9.93. The van der Waals surface area contributed by atoms with Crippen LogP contribution >= 0.6 is 24.8 Å². The Morgan fingerprint density at radius 1 is 1.12 bits per heavy atom. The standard InChI is InChI=1S/C17H32N4O3.2ClH/c1-13-11-20(12-14(2)24-13)6-3-15-4-7-21(8-5-15)17(23)10-19-16(22)9-18;;/h13-15H,3-12,18H2,1-2H3,(H,19,22);2*1H. The molecule has 2 fully saturated rings. The second-order valence-corrected chi connectivity index (χ2v) is 7.11. The molecule has 2 heterocycles. The smallest absolute Gasteiger partial charge is 0.241 e. The molecule has 2 amide bonds. The van der Waals surface area contributed by atoms with Crippen molar-refractivity contribution >= 4 is 36.6 Å². The molecular formula is C17H34Cl2N4O3. The summed E-state index contributed by atoms with van der Waals surface area (Å²) >= 11 is 0. The summed E-state index contributed by atoms with van der Waals surface area (Å²) < 4.78 is 5.77. The summed E-state index contributed by atoms with van der Waals surface area (Å²) in [6, 6.07) is 0. The summed E-state index contributed by atoms with van der Waals surface area (Å²) in [4.78, 5) is 27.5. The summed E-state index contributed by atoms with van der Waals surface area (Å²) in [7, 11) is 0. The van der Waals surface area contributed by atoms with Crippen LogP contribution in [0.1, 0.15) is 33.1 Å². The van der Waals surface area contributed by atoms with Crippen LogP contribution < -0.4 is 11.1 Å². The zero-order valence-corrected chi connectivity index (χ0v) is 17.4. The molecular weight excluding hydrogens is 379 g/mol. The van der Waals surface area contributed by atoms with E-state index in [1.54, 1.807) is 0 Å². The molecule has 0 aromatic rings. The highest BCUT2D eigenvalue weighted by molar-refractivity contribution is 5.86. The molecule has 0 spiro atoms. The lowest BCUT2D eigenvalue weighted by molar-refractivity contribution is -0.133. The first kappa shape index (κ1) is 25.4. The van der Waals surface area contributed by atoms with Gasteiger partial charge in [0.15, 0.2) is 0 Å². The average molecular weight is 413 g/mol. The largest absolute Gasteiger partial charge is 0.373 e. The monoisotopic (exact) mass is 412 g/mol. The van der Waals surface area contributed by atoms with E-state index in [1.807, 2.05) is 4.90 Å². The van der Waals surface area contributed by atoms with Gasteiger partial charge in [-0.3, -0.25) is 14.5 Å². The van der Waals surface area contributed by atoms with Gasteiger partial charge in [-0.05, 0) is 45.6 Å². The Morgan fingerprint density at radius 2 is 1.69 bits per heavy atom. The highest BCUT2D eigenvalue weighted by Gasteiger charge is 2.25. The first-order chi connectivity index (χ1) is 11.5. The molecule has 2 unspecified atom stereocenters. The number of piperidine rings is 1. The molecule has 2 atom stereocenters. The third-order valence-corrected chi connectivity index (χ3v) is 4.94. The van der Waals surface area contributed by atoms with Gasteiger partial charge >= 0.3 is 0 Å². The van der Waals surface area contributed by atoms with Crippen molar-refractivity contribution in [2.24, 2.45) is 11.7 Å². The van der Waals surface area contributed by atoms with Crippen LogP contribution in [0.5, 0.6) is 0 Å². The van der Waals surface area contributed by atoms with Crippen LogP contribution in [0.4, 0.5) is 0 Å². The molecule has 3 N–H and O–H groups in total. The zero-order chi connectivity index (χ0) is 17.5. The molecule has 0 radical (unpaired) electrons. The fourth-order valence-electron chi connectivity index (χ4n) is 3.66. The van der Waals surface area contributed by atoms with E-state index in [-0.39, 0.29) is 49.7 Å². The van der Waals surface area contributed by atoms with Gasteiger partial charge in [-0.2, -0.15) is 0 Å². The summed E-state index contributed by atoms with van der Waals surface area (Å²) in [6.45, 7) is 8.98. The van der Waals surface area contributed by atoms with Gasteiger partial charge in [0.25, 0.3) is 0 Å². The van der Waals surface area contributed by atoms with Crippen molar-refractivity contribution in [3.63, 3.8) is 0 Å². The van der Waals surface area contributed by atoms with E-state index in [9.17, 15) is 9.59 Å². The molecule has 2 aliphatic rings. The Labute approximate surface area is 169 Å². The van der Waals surface area contributed by atoms with Crippen LogP contribution in [0, 0.1) is 5.92 Å². The van der Waals surface area contributed by atoms with Crippen molar-refractivity contribution in [3.8, 4) is 0 Å². The van der Waals surface area contributed by atoms with Crippen LogP contribution in [0.3, 0.4) is 0 Å². The number of carbonyl (C=O) groups excluding carboxylic acids is 2. The van der Waals surface area contributed by atoms with Gasteiger partial charge in [-0.15, -0.1) is 24.8 Å². The second kappa shape index (κ2) is 12.7. The Kier molecular flexibility index (Phi) is 12.4. The fourth-order valence-corrected chi connectivity index (χ4v) is 3.66. The quantitative estimate of drug-likeness (QED) is 0.668. The lowest BCUT2D eigenvalue weighted by Gasteiger charge is -2.37. The van der Waals surface area contributed by atoms with E-state index in [4.69, 9.17) is 10.5 Å². The Hall–Kier alpha value is -0.600. The first-order valence-electron chi connectivity index (χ1n) is 9.10. The lowest BCUT2D eigenvalue weighted by Crippen LogP contribution is -2.47. The Bertz CT molecular complexity index is 424. The number of halogens is 2. The molecule has 0 saturated carbocycles. The first-order valence-corrected chi connectivity index (χ1v) is 9.10. The highest BCUT2D eigenvalue weighted by Crippen LogP contribution is 2.22. The number of nitrogens with zero attached hydrogens (tertiary/aromatic N) is 2. The van der Waals surface area contributed by atoms with Crippen molar-refractivity contribution < 1.29 is 14.3 Å². The minimum atomic E-state index is -0.285. The van der Waals surface area contributed by atoms with E-state index < -0.39 is 0 Å². The number of amides is 2. The normalized spacial score (nSPS) is 24.3. The van der Waals surface area contributed by atoms with E-state index in [0.717, 1.165) is 45.6 Å². The van der Waals surface area contributed by atoms with Gasteiger partial charge < -0.3 is 20.7 Å². The molecule has 2 saturated heterocycles. The van der Waals surface area contributed by atoms with E-state index in [2.05, 4.69) is 24.1 Å². The molecule has 154 valence electrons. The van der Waals surface area contributed by atoms with Gasteiger partial charge in [-0.1, -0.05) is 0 Å². The van der Waals surface area contributed by atoms with E-state index in [1.165, 1.54) is 6.42 Å². The predicted molar refractivity (Wildman–Crippen MR) is 107 cm³/mol. The number of morpholine rings is 1. The van der Waals surface area contributed by atoms with Crippen molar-refractivity contribution in [3.05, 3.63) is 0 Å². The summed E-state index contributed by atoms with van der Waals surface area (Å²) in [6.07, 6.45) is 3.91. The number of hydrogen-bond donors (Lipinski definition) is 2. The zero-order valence-electron chi connectivity index (χ0n) is 15.8. The van der Waals surface area contributed by atoms with Crippen LogP contribution in [0.25, 0.3) is 0 Å². The minimum absolute atomic E-state index is 0. The second-order valence-electron chi connectivity index (χ2n) is 7.11. The van der Waals surface area contributed by atoms with Crippen molar-refractivity contribution in [1.29, 1.82) is 0 Å². The summed E-state index contributed by atoms with van der Waals surface area (Å²) in [5.41, 5.74) is 5.22.